The number of pyridine rings is 1. The Morgan fingerprint density at radius 3 is 2.62 bits per heavy atom. The first-order valence-corrected chi connectivity index (χ1v) is 5.00. The summed E-state index contributed by atoms with van der Waals surface area (Å²) in [7, 11) is 0. The van der Waals surface area contributed by atoms with Gasteiger partial charge in [-0.25, -0.2) is 0 Å². The van der Waals surface area contributed by atoms with E-state index in [0.29, 0.717) is 11.3 Å². The molecule has 0 radical (unpaired) electrons. The van der Waals surface area contributed by atoms with Gasteiger partial charge in [-0.3, -0.25) is 9.78 Å². The maximum atomic E-state index is 11.5. The number of ketones is 1. The molecule has 2 N–H and O–H groups in total. The molecular weight excluding hydrogens is 200 g/mol. The monoisotopic (exact) mass is 212 g/mol. The molecule has 1 aromatic heterocycles. The largest absolute Gasteiger partial charge is 0.398 e. The molecule has 0 saturated carbocycles. The highest BCUT2D eigenvalue weighted by molar-refractivity contribution is 6.01. The van der Waals surface area contributed by atoms with Crippen LogP contribution in [0.15, 0.2) is 42.7 Å². The third-order valence-electron chi connectivity index (χ3n) is 2.45. The van der Waals surface area contributed by atoms with Gasteiger partial charge in [0.15, 0.2) is 5.78 Å². The minimum absolute atomic E-state index is 0.0267. The quantitative estimate of drug-likeness (QED) is 0.778. The van der Waals surface area contributed by atoms with E-state index in [1.54, 1.807) is 31.5 Å². The zero-order valence-corrected chi connectivity index (χ0v) is 8.97. The Labute approximate surface area is 93.9 Å². The van der Waals surface area contributed by atoms with Gasteiger partial charge < -0.3 is 5.73 Å². The molecule has 0 aliphatic heterocycles. The van der Waals surface area contributed by atoms with Crippen LogP contribution in [0.25, 0.3) is 11.1 Å². The van der Waals surface area contributed by atoms with Crippen LogP contribution >= 0.6 is 0 Å². The van der Waals surface area contributed by atoms with E-state index >= 15 is 0 Å². The van der Waals surface area contributed by atoms with Gasteiger partial charge in [0.05, 0.1) is 0 Å². The van der Waals surface area contributed by atoms with E-state index in [4.69, 9.17) is 5.73 Å². The average molecular weight is 212 g/mol. The van der Waals surface area contributed by atoms with E-state index in [1.807, 2.05) is 18.2 Å². The first-order chi connectivity index (χ1) is 7.70. The maximum absolute atomic E-state index is 11.5. The van der Waals surface area contributed by atoms with Crippen molar-refractivity contribution in [3.05, 3.63) is 48.3 Å². The van der Waals surface area contributed by atoms with Crippen LogP contribution in [-0.4, -0.2) is 10.8 Å². The minimum Gasteiger partial charge on any atom is -0.398 e. The van der Waals surface area contributed by atoms with Crippen molar-refractivity contribution in [1.29, 1.82) is 0 Å². The van der Waals surface area contributed by atoms with Crippen LogP contribution in [0, 0.1) is 0 Å². The fraction of sp³-hybridized carbons (Fsp3) is 0.0769. The number of hydrogen-bond acceptors (Lipinski definition) is 3. The van der Waals surface area contributed by atoms with Crippen LogP contribution in [0.3, 0.4) is 0 Å². The third-order valence-corrected chi connectivity index (χ3v) is 2.45. The van der Waals surface area contributed by atoms with E-state index in [9.17, 15) is 4.79 Å². The molecule has 0 aliphatic carbocycles. The molecule has 0 fully saturated rings. The van der Waals surface area contributed by atoms with Gasteiger partial charge in [0.2, 0.25) is 0 Å². The SMILES string of the molecule is CC(=O)c1ccccc1-c1cnccc1N. The second-order valence-electron chi connectivity index (χ2n) is 3.56. The second kappa shape index (κ2) is 4.14. The summed E-state index contributed by atoms with van der Waals surface area (Å²) in [6.07, 6.45) is 3.31. The number of nitrogens with two attached hydrogens (primary N) is 1. The lowest BCUT2D eigenvalue weighted by atomic mass is 9.98. The molecule has 3 heteroatoms. The van der Waals surface area contributed by atoms with Crippen LogP contribution in [-0.2, 0) is 0 Å². The molecule has 1 heterocycles. The van der Waals surface area contributed by atoms with Crippen LogP contribution in [0.2, 0.25) is 0 Å². The lowest BCUT2D eigenvalue weighted by Gasteiger charge is -2.08. The zero-order chi connectivity index (χ0) is 11.5. The van der Waals surface area contributed by atoms with Gasteiger partial charge >= 0.3 is 0 Å². The van der Waals surface area contributed by atoms with Crippen molar-refractivity contribution in [3.63, 3.8) is 0 Å². The summed E-state index contributed by atoms with van der Waals surface area (Å²) in [5, 5.41) is 0. The second-order valence-corrected chi connectivity index (χ2v) is 3.56. The normalized spacial score (nSPS) is 10.1. The number of carbonyl (C=O) groups is 1. The summed E-state index contributed by atoms with van der Waals surface area (Å²) >= 11 is 0. The molecule has 2 rings (SSSR count). The number of nitrogen functional groups attached to an aromatic ring is 1. The number of anilines is 1. The van der Waals surface area contributed by atoms with Crippen molar-refractivity contribution < 1.29 is 4.79 Å². The van der Waals surface area contributed by atoms with Crippen LogP contribution in [0.5, 0.6) is 0 Å². The summed E-state index contributed by atoms with van der Waals surface area (Å²) in [6.45, 7) is 1.55. The Hall–Kier alpha value is -2.16. The Kier molecular flexibility index (Phi) is 2.68. The number of Topliss-reactive ketones (excluding diaryl/α,β-unsaturated/α-hetero) is 1. The summed E-state index contributed by atoms with van der Waals surface area (Å²) in [5.41, 5.74) is 8.80. The number of hydrogen-bond donors (Lipinski definition) is 1. The molecule has 0 saturated heterocycles. The highest BCUT2D eigenvalue weighted by Crippen LogP contribution is 2.27. The van der Waals surface area contributed by atoms with Gasteiger partial charge in [0.25, 0.3) is 0 Å². The lowest BCUT2D eigenvalue weighted by Crippen LogP contribution is -1.98. The summed E-state index contributed by atoms with van der Waals surface area (Å²) in [5.74, 6) is 0.0267. The molecule has 0 spiro atoms. The molecule has 0 aliphatic rings. The standard InChI is InChI=1S/C13H12N2O/c1-9(16)10-4-2-3-5-11(10)12-8-15-7-6-13(12)14/h2-8H,1H3,(H2,14,15). The summed E-state index contributed by atoms with van der Waals surface area (Å²) in [4.78, 5) is 15.5. The topological polar surface area (TPSA) is 56.0 Å². The van der Waals surface area contributed by atoms with E-state index in [2.05, 4.69) is 4.98 Å². The predicted molar refractivity (Wildman–Crippen MR) is 64.1 cm³/mol. The fourth-order valence-corrected chi connectivity index (χ4v) is 1.66. The van der Waals surface area contributed by atoms with E-state index < -0.39 is 0 Å². The fourth-order valence-electron chi connectivity index (χ4n) is 1.66. The number of benzene rings is 1. The Morgan fingerprint density at radius 2 is 1.94 bits per heavy atom. The van der Waals surface area contributed by atoms with Crippen molar-refractivity contribution in [1.82, 2.24) is 4.98 Å². The van der Waals surface area contributed by atoms with Gasteiger partial charge in [-0.1, -0.05) is 24.3 Å². The number of rotatable bonds is 2. The Bertz CT molecular complexity index is 535. The molecule has 1 aromatic carbocycles. The Morgan fingerprint density at radius 1 is 1.19 bits per heavy atom. The van der Waals surface area contributed by atoms with Gasteiger partial charge in [0.1, 0.15) is 0 Å². The first-order valence-electron chi connectivity index (χ1n) is 5.00. The first kappa shape index (κ1) is 10.4. The average Bonchev–Trinajstić information content (AvgIpc) is 2.29. The molecule has 0 atom stereocenters. The summed E-state index contributed by atoms with van der Waals surface area (Å²) < 4.78 is 0. The predicted octanol–water partition coefficient (Wildman–Crippen LogP) is 2.53. The highest BCUT2D eigenvalue weighted by Gasteiger charge is 2.10. The number of aromatic nitrogens is 1. The molecule has 0 amide bonds. The van der Waals surface area contributed by atoms with Crippen LogP contribution < -0.4 is 5.73 Å². The van der Waals surface area contributed by atoms with Crippen molar-refractivity contribution in [2.24, 2.45) is 0 Å². The molecule has 80 valence electrons. The molecule has 0 bridgehead atoms. The molecule has 0 unspecified atom stereocenters. The Balaban J connectivity index is 2.65. The number of nitrogens with zero attached hydrogens (tertiary/aromatic N) is 1. The third kappa shape index (κ3) is 1.80. The van der Waals surface area contributed by atoms with Crippen molar-refractivity contribution in [3.8, 4) is 11.1 Å². The van der Waals surface area contributed by atoms with Crippen LogP contribution in [0.4, 0.5) is 5.69 Å². The molecule has 3 nitrogen and oxygen atoms in total. The molecular formula is C13H12N2O. The van der Waals surface area contributed by atoms with E-state index in [-0.39, 0.29) is 5.78 Å². The van der Waals surface area contributed by atoms with Crippen molar-refractivity contribution in [2.45, 2.75) is 6.92 Å². The van der Waals surface area contributed by atoms with Gasteiger partial charge in [-0.05, 0) is 18.6 Å². The maximum Gasteiger partial charge on any atom is 0.160 e. The van der Waals surface area contributed by atoms with E-state index in [1.165, 1.54) is 0 Å². The van der Waals surface area contributed by atoms with Gasteiger partial charge in [0, 0.05) is 29.2 Å². The smallest absolute Gasteiger partial charge is 0.160 e. The number of carbonyl (C=O) groups excluding carboxylic acids is 1. The molecule has 16 heavy (non-hydrogen) atoms. The highest BCUT2D eigenvalue weighted by atomic mass is 16.1. The van der Waals surface area contributed by atoms with Crippen LogP contribution in [0.1, 0.15) is 17.3 Å². The van der Waals surface area contributed by atoms with Gasteiger partial charge in [-0.2, -0.15) is 0 Å². The van der Waals surface area contributed by atoms with Gasteiger partial charge in [-0.15, -0.1) is 0 Å². The van der Waals surface area contributed by atoms with Crippen molar-refractivity contribution in [2.75, 3.05) is 5.73 Å². The minimum atomic E-state index is 0.0267. The summed E-state index contributed by atoms with van der Waals surface area (Å²) in [6, 6.07) is 9.13. The molecule has 2 aromatic rings. The lowest BCUT2D eigenvalue weighted by molar-refractivity contribution is 0.101. The van der Waals surface area contributed by atoms with E-state index in [0.717, 1.165) is 11.1 Å². The zero-order valence-electron chi connectivity index (χ0n) is 8.97. The van der Waals surface area contributed by atoms with Crippen molar-refractivity contribution >= 4 is 11.5 Å².